The second-order valence-electron chi connectivity index (χ2n) is 6.90. The zero-order chi connectivity index (χ0) is 19.7. The predicted octanol–water partition coefficient (Wildman–Crippen LogP) is 3.85. The molecule has 0 amide bonds. The van der Waals surface area contributed by atoms with E-state index in [0.717, 1.165) is 31.5 Å². The van der Waals surface area contributed by atoms with Crippen LogP contribution in [-0.2, 0) is 9.53 Å². The maximum absolute atomic E-state index is 12.2. The molecule has 2 heterocycles. The second-order valence-corrected chi connectivity index (χ2v) is 6.90. The van der Waals surface area contributed by atoms with Gasteiger partial charge in [0.2, 0.25) is 5.90 Å². The van der Waals surface area contributed by atoms with Gasteiger partial charge in [-0.3, -0.25) is 10.1 Å². The Hall–Kier alpha value is -3.48. The van der Waals surface area contributed by atoms with E-state index in [4.69, 9.17) is 4.74 Å². The lowest BCUT2D eigenvalue weighted by Gasteiger charge is -2.17. The van der Waals surface area contributed by atoms with E-state index in [9.17, 15) is 14.9 Å². The maximum Gasteiger partial charge on any atom is 0.363 e. The van der Waals surface area contributed by atoms with Crippen LogP contribution in [0.15, 0.2) is 53.2 Å². The highest BCUT2D eigenvalue weighted by Gasteiger charge is 2.26. The van der Waals surface area contributed by atoms with E-state index in [1.807, 2.05) is 36.1 Å². The van der Waals surface area contributed by atoms with Crippen LogP contribution in [0, 0.1) is 17.0 Å². The number of aliphatic imine (C=N–C) groups is 1. The van der Waals surface area contributed by atoms with Crippen molar-refractivity contribution in [3.05, 3.63) is 75.0 Å². The van der Waals surface area contributed by atoms with E-state index in [1.165, 1.54) is 12.1 Å². The Bertz CT molecular complexity index is 1000. The zero-order valence-electron chi connectivity index (χ0n) is 15.4. The summed E-state index contributed by atoms with van der Waals surface area (Å²) in [5, 5.41) is 11.5. The number of carbonyl (C=O) groups excluding carboxylic acids is 1. The standard InChI is InChI=1S/C21H19N3O4/c1-14-4-7-16(8-5-14)20-22-17(21(25)28-20)12-15-6-9-18(19(13-15)24(26)27)23-10-2-3-11-23/h4-9,12-13H,2-3,10-11H2,1H3. The lowest BCUT2D eigenvalue weighted by molar-refractivity contribution is -0.384. The van der Waals surface area contributed by atoms with Crippen molar-refractivity contribution in [2.75, 3.05) is 18.0 Å². The fraction of sp³-hybridized carbons (Fsp3) is 0.238. The molecule has 0 atom stereocenters. The number of nitro benzene ring substituents is 1. The van der Waals surface area contributed by atoms with Gasteiger partial charge in [-0.15, -0.1) is 0 Å². The Labute approximate surface area is 162 Å². The van der Waals surface area contributed by atoms with E-state index in [-0.39, 0.29) is 22.2 Å². The van der Waals surface area contributed by atoms with Crippen LogP contribution in [0.25, 0.3) is 6.08 Å². The fourth-order valence-corrected chi connectivity index (χ4v) is 3.39. The van der Waals surface area contributed by atoms with Crippen LogP contribution in [0.5, 0.6) is 0 Å². The Morgan fingerprint density at radius 3 is 2.54 bits per heavy atom. The Balaban J connectivity index is 1.66. The third-order valence-corrected chi connectivity index (χ3v) is 4.87. The van der Waals surface area contributed by atoms with E-state index >= 15 is 0 Å². The number of rotatable bonds is 4. The molecule has 0 bridgehead atoms. The number of aryl methyl sites for hydroxylation is 1. The first-order valence-electron chi connectivity index (χ1n) is 9.14. The summed E-state index contributed by atoms with van der Waals surface area (Å²) in [6.45, 7) is 3.60. The number of carbonyl (C=O) groups is 1. The summed E-state index contributed by atoms with van der Waals surface area (Å²) < 4.78 is 5.26. The van der Waals surface area contributed by atoms with Gasteiger partial charge in [0.15, 0.2) is 5.70 Å². The summed E-state index contributed by atoms with van der Waals surface area (Å²) in [5.41, 5.74) is 3.11. The summed E-state index contributed by atoms with van der Waals surface area (Å²) in [6, 6.07) is 12.5. The molecule has 28 heavy (non-hydrogen) atoms. The van der Waals surface area contributed by atoms with Crippen LogP contribution in [-0.4, -0.2) is 29.9 Å². The van der Waals surface area contributed by atoms with Gasteiger partial charge in [0.25, 0.3) is 5.69 Å². The number of nitrogens with zero attached hydrogens (tertiary/aromatic N) is 3. The molecule has 0 saturated carbocycles. The van der Waals surface area contributed by atoms with Crippen molar-refractivity contribution in [1.82, 2.24) is 0 Å². The number of esters is 1. The van der Waals surface area contributed by atoms with Gasteiger partial charge in [-0.05, 0) is 49.6 Å². The molecular weight excluding hydrogens is 358 g/mol. The molecule has 2 aromatic rings. The molecule has 0 spiro atoms. The normalized spacial score (nSPS) is 17.8. The van der Waals surface area contributed by atoms with Gasteiger partial charge in [0, 0.05) is 24.7 Å². The Morgan fingerprint density at radius 2 is 1.86 bits per heavy atom. The van der Waals surface area contributed by atoms with Gasteiger partial charge in [-0.25, -0.2) is 9.79 Å². The van der Waals surface area contributed by atoms with Crippen LogP contribution in [0.1, 0.15) is 29.5 Å². The van der Waals surface area contributed by atoms with E-state index in [2.05, 4.69) is 4.99 Å². The number of ether oxygens (including phenoxy) is 1. The predicted molar refractivity (Wildman–Crippen MR) is 106 cm³/mol. The average molecular weight is 377 g/mol. The molecule has 142 valence electrons. The van der Waals surface area contributed by atoms with Crippen LogP contribution in [0.4, 0.5) is 11.4 Å². The Kier molecular flexibility index (Phi) is 4.65. The summed E-state index contributed by atoms with van der Waals surface area (Å²) in [6.07, 6.45) is 3.58. The number of hydrogen-bond acceptors (Lipinski definition) is 6. The van der Waals surface area contributed by atoms with Crippen LogP contribution >= 0.6 is 0 Å². The first kappa shape index (κ1) is 17.9. The monoisotopic (exact) mass is 377 g/mol. The van der Waals surface area contributed by atoms with Crippen LogP contribution in [0.3, 0.4) is 0 Å². The molecule has 0 unspecified atom stereocenters. The van der Waals surface area contributed by atoms with Gasteiger partial charge in [0.1, 0.15) is 5.69 Å². The lowest BCUT2D eigenvalue weighted by Crippen LogP contribution is -2.18. The molecule has 0 radical (unpaired) electrons. The molecule has 0 N–H and O–H groups in total. The van der Waals surface area contributed by atoms with Crippen molar-refractivity contribution in [3.8, 4) is 0 Å². The molecule has 7 nitrogen and oxygen atoms in total. The molecule has 2 aliphatic heterocycles. The molecule has 2 aromatic carbocycles. The molecule has 4 rings (SSSR count). The number of benzene rings is 2. The van der Waals surface area contributed by atoms with E-state index < -0.39 is 5.97 Å². The van der Waals surface area contributed by atoms with Crippen molar-refractivity contribution in [2.45, 2.75) is 19.8 Å². The number of hydrogen-bond donors (Lipinski definition) is 0. The summed E-state index contributed by atoms with van der Waals surface area (Å²) in [7, 11) is 0. The van der Waals surface area contributed by atoms with Crippen molar-refractivity contribution in [2.24, 2.45) is 4.99 Å². The smallest absolute Gasteiger partial charge is 0.363 e. The molecule has 0 aliphatic carbocycles. The second kappa shape index (κ2) is 7.26. The average Bonchev–Trinajstić information content (AvgIpc) is 3.33. The third kappa shape index (κ3) is 3.51. The largest absolute Gasteiger partial charge is 0.402 e. The molecule has 7 heteroatoms. The highest BCUT2D eigenvalue weighted by atomic mass is 16.6. The molecule has 2 aliphatic rings. The minimum Gasteiger partial charge on any atom is -0.402 e. The lowest BCUT2D eigenvalue weighted by atomic mass is 10.1. The zero-order valence-corrected chi connectivity index (χ0v) is 15.4. The maximum atomic E-state index is 12.2. The minimum atomic E-state index is -0.568. The summed E-state index contributed by atoms with van der Waals surface area (Å²) in [4.78, 5) is 29.6. The quantitative estimate of drug-likeness (QED) is 0.350. The molecule has 1 fully saturated rings. The van der Waals surface area contributed by atoms with Gasteiger partial charge in [0.05, 0.1) is 4.92 Å². The van der Waals surface area contributed by atoms with E-state index in [1.54, 1.807) is 12.1 Å². The number of anilines is 1. The topological polar surface area (TPSA) is 85.0 Å². The molecular formula is C21H19N3O4. The first-order valence-corrected chi connectivity index (χ1v) is 9.14. The minimum absolute atomic E-state index is 0.0327. The first-order chi connectivity index (χ1) is 13.5. The number of cyclic esters (lactones) is 1. The van der Waals surface area contributed by atoms with Crippen molar-refractivity contribution < 1.29 is 14.5 Å². The van der Waals surface area contributed by atoms with Crippen molar-refractivity contribution in [3.63, 3.8) is 0 Å². The van der Waals surface area contributed by atoms with Gasteiger partial charge in [-0.2, -0.15) is 0 Å². The Morgan fingerprint density at radius 1 is 1.14 bits per heavy atom. The van der Waals surface area contributed by atoms with Gasteiger partial charge >= 0.3 is 5.97 Å². The van der Waals surface area contributed by atoms with Crippen molar-refractivity contribution in [1.29, 1.82) is 0 Å². The SMILES string of the molecule is Cc1ccc(C2=NC(=Cc3ccc(N4CCCC4)c([N+](=O)[O-])c3)C(=O)O2)cc1. The van der Waals surface area contributed by atoms with Gasteiger partial charge < -0.3 is 9.64 Å². The molecule has 1 saturated heterocycles. The third-order valence-electron chi connectivity index (χ3n) is 4.87. The van der Waals surface area contributed by atoms with Gasteiger partial charge in [-0.1, -0.05) is 23.8 Å². The summed E-state index contributed by atoms with van der Waals surface area (Å²) in [5.74, 6) is -0.332. The summed E-state index contributed by atoms with van der Waals surface area (Å²) >= 11 is 0. The fourth-order valence-electron chi connectivity index (χ4n) is 3.39. The number of nitro groups is 1. The highest BCUT2D eigenvalue weighted by molar-refractivity contribution is 6.12. The molecule has 0 aromatic heterocycles. The highest BCUT2D eigenvalue weighted by Crippen LogP contribution is 2.32. The van der Waals surface area contributed by atoms with Crippen molar-refractivity contribution >= 4 is 29.3 Å². The van der Waals surface area contributed by atoms with Crippen LogP contribution < -0.4 is 4.90 Å². The van der Waals surface area contributed by atoms with E-state index in [0.29, 0.717) is 16.8 Å². The van der Waals surface area contributed by atoms with Crippen LogP contribution in [0.2, 0.25) is 0 Å².